The number of carbonyl (C=O) groups is 1. The fourth-order valence-corrected chi connectivity index (χ4v) is 2.97. The van der Waals surface area contributed by atoms with Gasteiger partial charge in [0.15, 0.2) is 5.11 Å². The molecule has 0 atom stereocenters. The summed E-state index contributed by atoms with van der Waals surface area (Å²) in [6, 6.07) is 24.8. The van der Waals surface area contributed by atoms with Crippen LogP contribution in [0.3, 0.4) is 0 Å². The van der Waals surface area contributed by atoms with Crippen LogP contribution in [0.25, 0.3) is 6.08 Å². The lowest BCUT2D eigenvalue weighted by molar-refractivity contribution is -0.115. The highest BCUT2D eigenvalue weighted by molar-refractivity contribution is 7.80. The topological polar surface area (TPSA) is 50.4 Å². The van der Waals surface area contributed by atoms with Gasteiger partial charge in [0.2, 0.25) is 5.91 Å². The maximum absolute atomic E-state index is 12.0. The molecule has 0 aliphatic heterocycles. The smallest absolute Gasteiger partial charge is 0.250 e. The summed E-state index contributed by atoms with van der Waals surface area (Å²) < 4.78 is 5.77. The van der Waals surface area contributed by atoms with Gasteiger partial charge in [-0.05, 0) is 65.8 Å². The molecule has 30 heavy (non-hydrogen) atoms. The predicted molar refractivity (Wildman–Crippen MR) is 127 cm³/mol. The maximum atomic E-state index is 12.0. The molecular formula is C24H21ClN2O2S. The van der Waals surface area contributed by atoms with E-state index < -0.39 is 0 Å². The van der Waals surface area contributed by atoms with Gasteiger partial charge < -0.3 is 10.1 Å². The molecule has 0 unspecified atom stereocenters. The number of hydrogen-bond donors (Lipinski definition) is 2. The molecule has 0 radical (unpaired) electrons. The monoisotopic (exact) mass is 436 g/mol. The molecule has 0 spiro atoms. The summed E-state index contributed by atoms with van der Waals surface area (Å²) in [5, 5.41) is 6.46. The van der Waals surface area contributed by atoms with E-state index in [9.17, 15) is 4.79 Å². The summed E-state index contributed by atoms with van der Waals surface area (Å²) in [5.41, 5.74) is 2.87. The van der Waals surface area contributed by atoms with E-state index in [0.717, 1.165) is 23.4 Å². The number of halogens is 1. The Balaban J connectivity index is 1.42. The number of carbonyl (C=O) groups excluding carboxylic acids is 1. The third-order valence-corrected chi connectivity index (χ3v) is 4.60. The largest absolute Gasteiger partial charge is 0.493 e. The molecule has 4 nitrogen and oxygen atoms in total. The second-order valence-electron chi connectivity index (χ2n) is 6.44. The summed E-state index contributed by atoms with van der Waals surface area (Å²) in [4.78, 5) is 12.0. The first-order valence-corrected chi connectivity index (χ1v) is 10.2. The van der Waals surface area contributed by atoms with Gasteiger partial charge in [0.25, 0.3) is 0 Å². The number of thiocarbonyl (C=S) groups is 1. The van der Waals surface area contributed by atoms with Gasteiger partial charge in [-0.2, -0.15) is 0 Å². The zero-order valence-electron chi connectivity index (χ0n) is 16.2. The molecule has 0 saturated carbocycles. The first-order valence-electron chi connectivity index (χ1n) is 9.41. The summed E-state index contributed by atoms with van der Waals surface area (Å²) in [6.45, 7) is 0.602. The summed E-state index contributed by atoms with van der Waals surface area (Å²) >= 11 is 11.0. The summed E-state index contributed by atoms with van der Waals surface area (Å²) in [6.07, 6.45) is 3.96. The minimum atomic E-state index is -0.316. The molecule has 152 valence electrons. The van der Waals surface area contributed by atoms with Crippen molar-refractivity contribution in [3.8, 4) is 5.75 Å². The minimum absolute atomic E-state index is 0.221. The van der Waals surface area contributed by atoms with E-state index in [-0.39, 0.29) is 11.0 Å². The fraction of sp³-hybridized carbons (Fsp3) is 0.0833. The lowest BCUT2D eigenvalue weighted by Gasteiger charge is -2.10. The van der Waals surface area contributed by atoms with Crippen molar-refractivity contribution in [3.05, 3.63) is 101 Å². The van der Waals surface area contributed by atoms with E-state index in [4.69, 9.17) is 28.6 Å². The number of rotatable bonds is 7. The quantitative estimate of drug-likeness (QED) is 0.380. The van der Waals surface area contributed by atoms with Crippen molar-refractivity contribution in [3.63, 3.8) is 0 Å². The predicted octanol–water partition coefficient (Wildman–Crippen LogP) is 5.49. The molecule has 0 bridgehead atoms. The van der Waals surface area contributed by atoms with Gasteiger partial charge in [0.05, 0.1) is 6.61 Å². The number of anilines is 1. The second-order valence-corrected chi connectivity index (χ2v) is 7.28. The van der Waals surface area contributed by atoms with Crippen LogP contribution in [-0.2, 0) is 11.2 Å². The van der Waals surface area contributed by atoms with E-state index in [0.29, 0.717) is 11.6 Å². The molecule has 0 heterocycles. The van der Waals surface area contributed by atoms with Crippen molar-refractivity contribution in [1.82, 2.24) is 5.32 Å². The molecule has 3 aromatic carbocycles. The zero-order chi connectivity index (χ0) is 21.2. The summed E-state index contributed by atoms with van der Waals surface area (Å²) in [5.74, 6) is 0.459. The van der Waals surface area contributed by atoms with Crippen LogP contribution in [0.4, 0.5) is 5.69 Å². The Morgan fingerprint density at radius 3 is 2.37 bits per heavy atom. The molecule has 0 saturated heterocycles. The fourth-order valence-electron chi connectivity index (χ4n) is 2.63. The molecular weight excluding hydrogens is 416 g/mol. The van der Waals surface area contributed by atoms with Crippen LogP contribution < -0.4 is 15.4 Å². The van der Waals surface area contributed by atoms with Crippen LogP contribution >= 0.6 is 23.8 Å². The highest BCUT2D eigenvalue weighted by Gasteiger charge is 2.03. The van der Waals surface area contributed by atoms with Crippen LogP contribution in [0.5, 0.6) is 5.75 Å². The Labute approximate surface area is 186 Å². The highest BCUT2D eigenvalue weighted by Crippen LogP contribution is 2.16. The van der Waals surface area contributed by atoms with Gasteiger partial charge in [-0.15, -0.1) is 0 Å². The Morgan fingerprint density at radius 1 is 0.967 bits per heavy atom. The first kappa shape index (κ1) is 21.6. The van der Waals surface area contributed by atoms with Crippen molar-refractivity contribution in [2.75, 3.05) is 11.9 Å². The average Bonchev–Trinajstić information content (AvgIpc) is 2.75. The van der Waals surface area contributed by atoms with Crippen molar-refractivity contribution in [2.24, 2.45) is 0 Å². The van der Waals surface area contributed by atoms with Crippen molar-refractivity contribution >= 4 is 46.6 Å². The number of amides is 1. The van der Waals surface area contributed by atoms with E-state index in [1.807, 2.05) is 54.6 Å². The van der Waals surface area contributed by atoms with E-state index >= 15 is 0 Å². The molecule has 0 aliphatic rings. The third-order valence-electron chi connectivity index (χ3n) is 4.15. The SMILES string of the molecule is O=C(/C=C/c1ccc(Cl)cc1)NC(=S)Nc1ccc(OCCc2ccccc2)cc1. The van der Waals surface area contributed by atoms with Crippen LogP contribution in [0, 0.1) is 0 Å². The average molecular weight is 437 g/mol. The van der Waals surface area contributed by atoms with Crippen LogP contribution in [0.15, 0.2) is 84.9 Å². The van der Waals surface area contributed by atoms with Crippen molar-refractivity contribution < 1.29 is 9.53 Å². The van der Waals surface area contributed by atoms with Crippen LogP contribution in [0.1, 0.15) is 11.1 Å². The molecule has 3 rings (SSSR count). The van der Waals surface area contributed by atoms with E-state index in [1.165, 1.54) is 11.6 Å². The number of benzene rings is 3. The van der Waals surface area contributed by atoms with Crippen LogP contribution in [-0.4, -0.2) is 17.6 Å². The van der Waals surface area contributed by atoms with Gasteiger partial charge in [0, 0.05) is 23.2 Å². The molecule has 0 aliphatic carbocycles. The van der Waals surface area contributed by atoms with Crippen LogP contribution in [0.2, 0.25) is 5.02 Å². The molecule has 6 heteroatoms. The van der Waals surface area contributed by atoms with Gasteiger partial charge in [0.1, 0.15) is 5.75 Å². The molecule has 3 aromatic rings. The number of nitrogens with one attached hydrogen (secondary N) is 2. The lowest BCUT2D eigenvalue weighted by Crippen LogP contribution is -2.32. The first-order chi connectivity index (χ1) is 14.6. The van der Waals surface area contributed by atoms with Crippen molar-refractivity contribution in [1.29, 1.82) is 0 Å². The van der Waals surface area contributed by atoms with Gasteiger partial charge in [-0.1, -0.05) is 54.1 Å². The standard InChI is InChI=1S/C24H21ClN2O2S/c25-20-9-6-19(7-10-20)8-15-23(28)27-24(30)26-21-11-13-22(14-12-21)29-17-16-18-4-2-1-3-5-18/h1-15H,16-17H2,(H2,26,27,28,30)/b15-8+. The van der Waals surface area contributed by atoms with Crippen molar-refractivity contribution in [2.45, 2.75) is 6.42 Å². The van der Waals surface area contributed by atoms with Gasteiger partial charge in [-0.3, -0.25) is 10.1 Å². The van der Waals surface area contributed by atoms with E-state index in [2.05, 4.69) is 22.8 Å². The lowest BCUT2D eigenvalue weighted by atomic mass is 10.2. The number of hydrogen-bond acceptors (Lipinski definition) is 3. The Hall–Kier alpha value is -3.15. The third kappa shape index (κ3) is 7.35. The number of ether oxygens (including phenoxy) is 1. The molecule has 0 fully saturated rings. The zero-order valence-corrected chi connectivity index (χ0v) is 17.7. The normalized spacial score (nSPS) is 10.6. The Morgan fingerprint density at radius 2 is 1.67 bits per heavy atom. The molecule has 2 N–H and O–H groups in total. The molecule has 1 amide bonds. The maximum Gasteiger partial charge on any atom is 0.250 e. The van der Waals surface area contributed by atoms with Gasteiger partial charge >= 0.3 is 0 Å². The highest BCUT2D eigenvalue weighted by atomic mass is 35.5. The van der Waals surface area contributed by atoms with E-state index in [1.54, 1.807) is 18.2 Å². The van der Waals surface area contributed by atoms with Gasteiger partial charge in [-0.25, -0.2) is 0 Å². The summed E-state index contributed by atoms with van der Waals surface area (Å²) in [7, 11) is 0. The second kappa shape index (κ2) is 11.1. The minimum Gasteiger partial charge on any atom is -0.493 e. The Bertz CT molecular complexity index is 1000. The molecule has 0 aromatic heterocycles. The Kier molecular flexibility index (Phi) is 8.01.